The lowest BCUT2D eigenvalue weighted by Crippen LogP contribution is -2.23. The van der Waals surface area contributed by atoms with Crippen LogP contribution in [0.4, 0.5) is 17.1 Å². The fourth-order valence-electron chi connectivity index (χ4n) is 7.02. The topological polar surface area (TPSA) is 12.7 Å². The Kier molecular flexibility index (Phi) is 15.6. The summed E-state index contributed by atoms with van der Waals surface area (Å²) in [5, 5.41) is 0. The molecule has 0 unspecified atom stereocenters. The molecule has 3 aromatic rings. The van der Waals surface area contributed by atoms with Gasteiger partial charge < -0.3 is 14.7 Å². The molecule has 0 heterocycles. The zero-order valence-corrected chi connectivity index (χ0v) is 32.8. The second kappa shape index (κ2) is 20.3. The van der Waals surface area contributed by atoms with Crippen molar-refractivity contribution in [3.05, 3.63) is 138 Å². The molecule has 0 bridgehead atoms. The SMILES string of the molecule is CCCN(CC)c1ccc(C(=CC=CC(=C2C=CC(=[N+](CC)CCC)C=C2)c2ccc(N(CC)CC)cc2)c2ccc(N(CC)CC)cc2)cc1. The Morgan fingerprint density at radius 1 is 0.529 bits per heavy atom. The molecule has 4 nitrogen and oxygen atoms in total. The van der Waals surface area contributed by atoms with Crippen LogP contribution in [0.1, 0.15) is 84.9 Å². The van der Waals surface area contributed by atoms with Crippen molar-refractivity contribution < 1.29 is 4.58 Å². The smallest absolute Gasteiger partial charge is 0.199 e. The number of rotatable bonds is 18. The van der Waals surface area contributed by atoms with Crippen LogP contribution in [0, 0.1) is 0 Å². The van der Waals surface area contributed by atoms with Crippen molar-refractivity contribution in [2.45, 2.75) is 68.2 Å². The number of hydrogen-bond acceptors (Lipinski definition) is 3. The van der Waals surface area contributed by atoms with E-state index in [1.54, 1.807) is 0 Å². The van der Waals surface area contributed by atoms with Crippen molar-refractivity contribution in [1.82, 2.24) is 0 Å². The van der Waals surface area contributed by atoms with Crippen molar-refractivity contribution in [1.29, 1.82) is 0 Å². The minimum Gasteiger partial charge on any atom is -0.372 e. The van der Waals surface area contributed by atoms with Gasteiger partial charge in [0.25, 0.3) is 0 Å². The molecule has 0 amide bonds. The maximum absolute atomic E-state index is 2.45. The standard InChI is InChI=1S/C47H63N4/c1-9-36-50(15-7)44-32-24-40(25-33-44)46(38-20-28-42(29-21-38)48(11-3)12-4)18-17-19-47(39-22-30-43(31-23-39)49(13-5)14-6)41-26-34-45(35-27-41)51(16-8)37-10-2/h17-35H,9-16,36-37H2,1-8H3/q+1. The molecule has 0 saturated heterocycles. The van der Waals surface area contributed by atoms with Crippen LogP contribution in [-0.2, 0) is 0 Å². The Labute approximate surface area is 310 Å². The monoisotopic (exact) mass is 684 g/mol. The summed E-state index contributed by atoms with van der Waals surface area (Å²) in [5.41, 5.74) is 12.4. The summed E-state index contributed by atoms with van der Waals surface area (Å²) in [7, 11) is 0. The van der Waals surface area contributed by atoms with Crippen LogP contribution < -0.4 is 14.7 Å². The van der Waals surface area contributed by atoms with E-state index in [4.69, 9.17) is 0 Å². The lowest BCUT2D eigenvalue weighted by atomic mass is 9.94. The van der Waals surface area contributed by atoms with Crippen LogP contribution in [0.2, 0.25) is 0 Å². The van der Waals surface area contributed by atoms with Crippen LogP contribution >= 0.6 is 0 Å². The van der Waals surface area contributed by atoms with Crippen molar-refractivity contribution in [2.24, 2.45) is 0 Å². The lowest BCUT2D eigenvalue weighted by Gasteiger charge is -2.23. The third-order valence-corrected chi connectivity index (χ3v) is 9.98. The highest BCUT2D eigenvalue weighted by atomic mass is 15.1. The number of nitrogens with zero attached hydrogens (tertiary/aromatic N) is 4. The molecule has 1 aliphatic rings. The molecule has 270 valence electrons. The first-order valence-corrected chi connectivity index (χ1v) is 19.6. The van der Waals surface area contributed by atoms with E-state index in [1.807, 2.05) is 0 Å². The number of benzene rings is 3. The summed E-state index contributed by atoms with van der Waals surface area (Å²) in [4.78, 5) is 7.25. The molecule has 3 aromatic carbocycles. The van der Waals surface area contributed by atoms with Gasteiger partial charge in [-0.25, -0.2) is 4.58 Å². The van der Waals surface area contributed by atoms with Crippen LogP contribution in [0.5, 0.6) is 0 Å². The summed E-state index contributed by atoms with van der Waals surface area (Å²) in [5.74, 6) is 0. The molecule has 51 heavy (non-hydrogen) atoms. The summed E-state index contributed by atoms with van der Waals surface area (Å²) in [6.07, 6.45) is 18.3. The van der Waals surface area contributed by atoms with Crippen molar-refractivity contribution in [2.75, 3.05) is 67.1 Å². The highest BCUT2D eigenvalue weighted by molar-refractivity contribution is 6.03. The van der Waals surface area contributed by atoms with Crippen molar-refractivity contribution in [3.8, 4) is 0 Å². The lowest BCUT2D eigenvalue weighted by molar-refractivity contribution is -0.522. The molecule has 0 radical (unpaired) electrons. The average Bonchev–Trinajstić information content (AvgIpc) is 3.18. The predicted molar refractivity (Wildman–Crippen MR) is 227 cm³/mol. The van der Waals surface area contributed by atoms with Gasteiger partial charge in [-0.3, -0.25) is 0 Å². The van der Waals surface area contributed by atoms with E-state index in [0.717, 1.165) is 65.2 Å². The summed E-state index contributed by atoms with van der Waals surface area (Å²) >= 11 is 0. The zero-order chi connectivity index (χ0) is 36.6. The summed E-state index contributed by atoms with van der Waals surface area (Å²) in [6.45, 7) is 26.0. The largest absolute Gasteiger partial charge is 0.372 e. The van der Waals surface area contributed by atoms with E-state index in [-0.39, 0.29) is 0 Å². The van der Waals surface area contributed by atoms with Gasteiger partial charge in [-0.2, -0.15) is 0 Å². The van der Waals surface area contributed by atoms with Gasteiger partial charge in [0.1, 0.15) is 13.1 Å². The van der Waals surface area contributed by atoms with Crippen molar-refractivity contribution in [3.63, 3.8) is 0 Å². The van der Waals surface area contributed by atoms with Gasteiger partial charge in [-0.05, 0) is 130 Å². The molecule has 0 spiro atoms. The predicted octanol–water partition coefficient (Wildman–Crippen LogP) is 11.1. The molecule has 4 rings (SSSR count). The minimum absolute atomic E-state index is 0.999. The molecular weight excluding hydrogens is 621 g/mol. The summed E-state index contributed by atoms with van der Waals surface area (Å²) in [6, 6.07) is 27.3. The minimum atomic E-state index is 0.999. The molecule has 1 aliphatic carbocycles. The third-order valence-electron chi connectivity index (χ3n) is 9.98. The maximum Gasteiger partial charge on any atom is 0.199 e. The van der Waals surface area contributed by atoms with Crippen LogP contribution in [-0.4, -0.2) is 62.6 Å². The van der Waals surface area contributed by atoms with Gasteiger partial charge in [-0.1, -0.05) is 68.5 Å². The quantitative estimate of drug-likeness (QED) is 0.0978. The van der Waals surface area contributed by atoms with Gasteiger partial charge in [0, 0.05) is 74.9 Å². The van der Waals surface area contributed by atoms with Crippen LogP contribution in [0.3, 0.4) is 0 Å². The second-order valence-corrected chi connectivity index (χ2v) is 13.0. The average molecular weight is 684 g/mol. The van der Waals surface area contributed by atoms with E-state index in [9.17, 15) is 0 Å². The van der Waals surface area contributed by atoms with Gasteiger partial charge in [0.05, 0.1) is 0 Å². The van der Waals surface area contributed by atoms with E-state index in [1.165, 1.54) is 56.2 Å². The molecule has 0 atom stereocenters. The maximum atomic E-state index is 2.45. The first-order chi connectivity index (χ1) is 24.9. The Morgan fingerprint density at radius 2 is 0.980 bits per heavy atom. The Balaban J connectivity index is 1.81. The first-order valence-electron chi connectivity index (χ1n) is 19.6. The van der Waals surface area contributed by atoms with E-state index >= 15 is 0 Å². The highest BCUT2D eigenvalue weighted by Crippen LogP contribution is 2.30. The molecule has 0 saturated carbocycles. The molecular formula is C47H63N4+. The van der Waals surface area contributed by atoms with Gasteiger partial charge in [0.2, 0.25) is 0 Å². The van der Waals surface area contributed by atoms with Crippen LogP contribution in [0.15, 0.2) is 121 Å². The Hall–Kier alpha value is -4.57. The third kappa shape index (κ3) is 10.3. The van der Waals surface area contributed by atoms with E-state index < -0.39 is 0 Å². The molecule has 0 fully saturated rings. The van der Waals surface area contributed by atoms with Gasteiger partial charge in [-0.15, -0.1) is 0 Å². The Bertz CT molecular complexity index is 1670. The fraction of sp³-hybridized carbons (Fsp3) is 0.383. The van der Waals surface area contributed by atoms with E-state index in [2.05, 4.69) is 190 Å². The second-order valence-electron chi connectivity index (χ2n) is 13.0. The molecule has 0 aromatic heterocycles. The number of allylic oxidation sites excluding steroid dienone is 9. The normalized spacial score (nSPS) is 12.9. The number of hydrogen-bond donors (Lipinski definition) is 0. The van der Waals surface area contributed by atoms with E-state index in [0.29, 0.717) is 0 Å². The summed E-state index contributed by atoms with van der Waals surface area (Å²) < 4.78 is 2.45. The zero-order valence-electron chi connectivity index (χ0n) is 32.8. The van der Waals surface area contributed by atoms with Crippen molar-refractivity contribution >= 4 is 33.9 Å². The van der Waals surface area contributed by atoms with Gasteiger partial charge in [0.15, 0.2) is 5.71 Å². The molecule has 0 N–H and O–H groups in total. The van der Waals surface area contributed by atoms with Crippen LogP contribution in [0.25, 0.3) is 11.1 Å². The highest BCUT2D eigenvalue weighted by Gasteiger charge is 2.14. The fourth-order valence-corrected chi connectivity index (χ4v) is 7.02. The molecule has 4 heteroatoms. The number of anilines is 3. The van der Waals surface area contributed by atoms with Gasteiger partial charge >= 0.3 is 0 Å². The Morgan fingerprint density at radius 3 is 1.39 bits per heavy atom. The first kappa shape index (κ1) is 39.2. The molecule has 0 aliphatic heterocycles.